The summed E-state index contributed by atoms with van der Waals surface area (Å²) < 4.78 is 14.5. The van der Waals surface area contributed by atoms with E-state index >= 15 is 0 Å². The lowest BCUT2D eigenvalue weighted by Crippen LogP contribution is -2.54. The van der Waals surface area contributed by atoms with E-state index in [9.17, 15) is 15.0 Å². The molecule has 0 aromatic rings. The van der Waals surface area contributed by atoms with Crippen LogP contribution in [-0.4, -0.2) is 54.5 Å². The molecule has 0 aliphatic carbocycles. The van der Waals surface area contributed by atoms with Crippen LogP contribution >= 0.6 is 0 Å². The zero-order chi connectivity index (χ0) is 10.7. The van der Waals surface area contributed by atoms with Gasteiger partial charge in [0, 0.05) is 14.0 Å². The molecular weight excluding hydrogens is 192 g/mol. The third-order valence-electron chi connectivity index (χ3n) is 1.98. The van der Waals surface area contributed by atoms with Gasteiger partial charge in [-0.05, 0) is 0 Å². The van der Waals surface area contributed by atoms with Crippen LogP contribution in [0.25, 0.3) is 0 Å². The van der Waals surface area contributed by atoms with E-state index in [1.807, 2.05) is 0 Å². The SMILES string of the molecule is CO[C@@H]1OC[C@@H](OC(C)=O)[C@H](O)[C@H]1O. The molecule has 14 heavy (non-hydrogen) atoms. The van der Waals surface area contributed by atoms with Crippen molar-refractivity contribution < 1.29 is 29.2 Å². The summed E-state index contributed by atoms with van der Waals surface area (Å²) in [5.41, 5.74) is 0. The highest BCUT2D eigenvalue weighted by molar-refractivity contribution is 5.66. The highest BCUT2D eigenvalue weighted by atomic mass is 16.7. The van der Waals surface area contributed by atoms with Crippen LogP contribution in [-0.2, 0) is 19.0 Å². The van der Waals surface area contributed by atoms with E-state index in [2.05, 4.69) is 0 Å². The van der Waals surface area contributed by atoms with Crippen molar-refractivity contribution in [1.82, 2.24) is 0 Å². The number of carbonyl (C=O) groups is 1. The highest BCUT2D eigenvalue weighted by Gasteiger charge is 2.40. The van der Waals surface area contributed by atoms with Crippen LogP contribution in [0.15, 0.2) is 0 Å². The number of esters is 1. The van der Waals surface area contributed by atoms with Crippen molar-refractivity contribution in [3.05, 3.63) is 0 Å². The minimum absolute atomic E-state index is 0.0102. The topological polar surface area (TPSA) is 85.2 Å². The first-order chi connectivity index (χ1) is 6.56. The van der Waals surface area contributed by atoms with E-state index in [4.69, 9.17) is 14.2 Å². The summed E-state index contributed by atoms with van der Waals surface area (Å²) in [6.07, 6.45) is -4.11. The van der Waals surface area contributed by atoms with Crippen molar-refractivity contribution in [3.63, 3.8) is 0 Å². The van der Waals surface area contributed by atoms with E-state index in [0.717, 1.165) is 0 Å². The second-order valence-electron chi connectivity index (χ2n) is 3.07. The third-order valence-corrected chi connectivity index (χ3v) is 1.98. The Morgan fingerprint density at radius 3 is 2.57 bits per heavy atom. The average Bonchev–Trinajstić information content (AvgIpc) is 2.13. The predicted molar refractivity (Wildman–Crippen MR) is 44.3 cm³/mol. The van der Waals surface area contributed by atoms with Crippen molar-refractivity contribution in [2.75, 3.05) is 13.7 Å². The van der Waals surface area contributed by atoms with Gasteiger partial charge in [0.1, 0.15) is 12.2 Å². The Balaban J connectivity index is 2.54. The van der Waals surface area contributed by atoms with Gasteiger partial charge in [0.2, 0.25) is 0 Å². The number of hydrogen-bond acceptors (Lipinski definition) is 6. The number of aliphatic hydroxyl groups excluding tert-OH is 2. The lowest BCUT2D eigenvalue weighted by molar-refractivity contribution is -0.265. The van der Waals surface area contributed by atoms with Gasteiger partial charge in [0.15, 0.2) is 12.4 Å². The summed E-state index contributed by atoms with van der Waals surface area (Å²) in [5, 5.41) is 18.9. The summed E-state index contributed by atoms with van der Waals surface area (Å²) in [5.74, 6) is -0.527. The maximum absolute atomic E-state index is 10.6. The number of carbonyl (C=O) groups excluding carboxylic acids is 1. The van der Waals surface area contributed by atoms with E-state index in [-0.39, 0.29) is 6.61 Å². The van der Waals surface area contributed by atoms with Crippen LogP contribution in [0.5, 0.6) is 0 Å². The largest absolute Gasteiger partial charge is 0.457 e. The van der Waals surface area contributed by atoms with Crippen LogP contribution in [0.3, 0.4) is 0 Å². The molecule has 1 rings (SSSR count). The molecule has 0 unspecified atom stereocenters. The van der Waals surface area contributed by atoms with E-state index < -0.39 is 30.6 Å². The lowest BCUT2D eigenvalue weighted by atomic mass is 10.1. The lowest BCUT2D eigenvalue weighted by Gasteiger charge is -2.35. The van der Waals surface area contributed by atoms with Crippen LogP contribution in [0.2, 0.25) is 0 Å². The molecule has 1 saturated heterocycles. The molecule has 0 aromatic heterocycles. The Bertz CT molecular complexity index is 206. The van der Waals surface area contributed by atoms with Crippen molar-refractivity contribution in [2.24, 2.45) is 0 Å². The highest BCUT2D eigenvalue weighted by Crippen LogP contribution is 2.18. The van der Waals surface area contributed by atoms with Gasteiger partial charge in [-0.25, -0.2) is 0 Å². The van der Waals surface area contributed by atoms with Gasteiger partial charge in [0.05, 0.1) is 6.61 Å². The molecule has 0 radical (unpaired) electrons. The minimum Gasteiger partial charge on any atom is -0.457 e. The monoisotopic (exact) mass is 206 g/mol. The van der Waals surface area contributed by atoms with E-state index in [1.165, 1.54) is 14.0 Å². The quantitative estimate of drug-likeness (QED) is 0.543. The summed E-state index contributed by atoms with van der Waals surface area (Å²) in [4.78, 5) is 10.6. The minimum atomic E-state index is -1.21. The summed E-state index contributed by atoms with van der Waals surface area (Å²) in [7, 11) is 1.35. The second-order valence-corrected chi connectivity index (χ2v) is 3.07. The molecule has 6 heteroatoms. The Hall–Kier alpha value is -0.690. The van der Waals surface area contributed by atoms with Gasteiger partial charge in [-0.3, -0.25) is 4.79 Å². The van der Waals surface area contributed by atoms with Crippen LogP contribution in [0.1, 0.15) is 6.92 Å². The van der Waals surface area contributed by atoms with E-state index in [0.29, 0.717) is 0 Å². The van der Waals surface area contributed by atoms with Gasteiger partial charge >= 0.3 is 5.97 Å². The molecule has 0 aromatic carbocycles. The van der Waals surface area contributed by atoms with Crippen LogP contribution < -0.4 is 0 Å². The Labute approximate surface area is 81.4 Å². The average molecular weight is 206 g/mol. The fourth-order valence-electron chi connectivity index (χ4n) is 1.29. The van der Waals surface area contributed by atoms with Crippen molar-refractivity contribution in [3.8, 4) is 0 Å². The van der Waals surface area contributed by atoms with Gasteiger partial charge < -0.3 is 24.4 Å². The number of methoxy groups -OCH3 is 1. The maximum Gasteiger partial charge on any atom is 0.303 e. The van der Waals surface area contributed by atoms with Gasteiger partial charge in [-0.1, -0.05) is 0 Å². The molecular formula is C8H14O6. The van der Waals surface area contributed by atoms with Crippen molar-refractivity contribution >= 4 is 5.97 Å². The molecule has 0 bridgehead atoms. The number of rotatable bonds is 2. The fourth-order valence-corrected chi connectivity index (χ4v) is 1.29. The molecule has 1 aliphatic heterocycles. The third kappa shape index (κ3) is 2.42. The molecule has 0 amide bonds. The van der Waals surface area contributed by atoms with Crippen LogP contribution in [0.4, 0.5) is 0 Å². The first-order valence-electron chi connectivity index (χ1n) is 4.24. The molecule has 2 N–H and O–H groups in total. The first kappa shape index (κ1) is 11.4. The summed E-state index contributed by atoms with van der Waals surface area (Å²) in [6, 6.07) is 0. The standard InChI is InChI=1S/C8H14O6/c1-4(9)14-5-3-13-8(12-2)7(11)6(5)10/h5-8,10-11H,3H2,1-2H3/t5-,6+,7-,8-/m1/s1. The molecule has 1 fully saturated rings. The number of hydrogen-bond donors (Lipinski definition) is 2. The van der Waals surface area contributed by atoms with Crippen molar-refractivity contribution in [2.45, 2.75) is 31.5 Å². The Morgan fingerprint density at radius 2 is 2.07 bits per heavy atom. The second kappa shape index (κ2) is 4.70. The molecule has 82 valence electrons. The Kier molecular flexibility index (Phi) is 3.82. The zero-order valence-electron chi connectivity index (χ0n) is 8.04. The smallest absolute Gasteiger partial charge is 0.303 e. The predicted octanol–water partition coefficient (Wildman–Crippen LogP) is -1.36. The normalized spacial score (nSPS) is 38.0. The number of ether oxygens (including phenoxy) is 3. The first-order valence-corrected chi connectivity index (χ1v) is 4.24. The van der Waals surface area contributed by atoms with Gasteiger partial charge in [-0.15, -0.1) is 0 Å². The maximum atomic E-state index is 10.6. The number of aliphatic hydroxyl groups is 2. The molecule has 0 spiro atoms. The fraction of sp³-hybridized carbons (Fsp3) is 0.875. The van der Waals surface area contributed by atoms with Crippen molar-refractivity contribution in [1.29, 1.82) is 0 Å². The van der Waals surface area contributed by atoms with Crippen LogP contribution in [0, 0.1) is 0 Å². The van der Waals surface area contributed by atoms with Gasteiger partial charge in [0.25, 0.3) is 0 Å². The van der Waals surface area contributed by atoms with Gasteiger partial charge in [-0.2, -0.15) is 0 Å². The molecule has 1 aliphatic rings. The molecule has 6 nitrogen and oxygen atoms in total. The zero-order valence-corrected chi connectivity index (χ0v) is 8.04. The molecule has 0 saturated carbocycles. The summed E-state index contributed by atoms with van der Waals surface area (Å²) >= 11 is 0. The molecule has 4 atom stereocenters. The summed E-state index contributed by atoms with van der Waals surface area (Å²) in [6.45, 7) is 1.23. The Morgan fingerprint density at radius 1 is 1.43 bits per heavy atom. The van der Waals surface area contributed by atoms with E-state index in [1.54, 1.807) is 0 Å². The molecule has 1 heterocycles.